The van der Waals surface area contributed by atoms with Gasteiger partial charge in [0.2, 0.25) is 0 Å². The molecule has 100 valence electrons. The number of nitrogens with two attached hydrogens (primary N) is 1. The van der Waals surface area contributed by atoms with Crippen LogP contribution in [0.4, 0.5) is 0 Å². The van der Waals surface area contributed by atoms with Crippen molar-refractivity contribution in [2.45, 2.75) is 25.5 Å². The topological polar surface area (TPSA) is 46.2 Å². The highest BCUT2D eigenvalue weighted by Crippen LogP contribution is 1.94. The molecule has 0 rings (SSSR count). The van der Waals surface area contributed by atoms with Crippen molar-refractivity contribution < 1.29 is 5.11 Å². The smallest absolute Gasteiger partial charge is 0.0951 e. The van der Waals surface area contributed by atoms with E-state index in [0.717, 1.165) is 0 Å². The molecule has 0 aromatic carbocycles. The molecule has 2 atom stereocenters. The fourth-order valence-corrected chi connectivity index (χ4v) is 0.854. The van der Waals surface area contributed by atoms with Gasteiger partial charge in [-0.15, -0.1) is 0 Å². The molecule has 0 spiro atoms. The van der Waals surface area contributed by atoms with Crippen molar-refractivity contribution >= 4 is 0 Å². The molecule has 0 aliphatic carbocycles. The Balaban J connectivity index is 5.34. The van der Waals surface area contributed by atoms with Gasteiger partial charge in [-0.25, -0.2) is 0 Å². The monoisotopic (exact) mass is 271 g/mol. The predicted molar refractivity (Wildman–Crippen MR) is 80.1 cm³/mol. The Morgan fingerprint density at radius 3 is 1.76 bits per heavy atom. The zero-order chi connectivity index (χ0) is 15.8. The first kappa shape index (κ1) is 17.8. The summed E-state index contributed by atoms with van der Waals surface area (Å²) in [5.41, 5.74) is 38.0. The molecule has 21 heavy (non-hydrogen) atoms. The molecule has 0 heterocycles. The van der Waals surface area contributed by atoms with E-state index in [4.69, 9.17) is 5.73 Å². The summed E-state index contributed by atoms with van der Waals surface area (Å²) in [6.45, 7) is 5.19. The van der Waals surface area contributed by atoms with Gasteiger partial charge in [-0.3, -0.25) is 0 Å². The minimum atomic E-state index is -0.749. The molecule has 0 aromatic heterocycles. The normalized spacial score (nSPS) is 9.10. The molecule has 3 N–H and O–H groups in total. The van der Waals surface area contributed by atoms with Gasteiger partial charge in [-0.1, -0.05) is 18.4 Å². The summed E-state index contributed by atoms with van der Waals surface area (Å²) in [7, 11) is 0. The highest BCUT2D eigenvalue weighted by molar-refractivity contribution is 4.95. The van der Waals surface area contributed by atoms with Crippen LogP contribution in [0.15, 0.2) is 87.2 Å². The second-order valence-electron chi connectivity index (χ2n) is 3.43. The predicted octanol–water partition coefficient (Wildman–Crippen LogP) is 2.29. The number of hydrogen-bond donors (Lipinski definition) is 2. The molecule has 0 fully saturated rings. The maximum absolute atomic E-state index is 9.49. The van der Waals surface area contributed by atoms with Gasteiger partial charge < -0.3 is 10.8 Å². The molecule has 0 aliphatic rings. The molecule has 0 aromatic rings. The van der Waals surface area contributed by atoms with Crippen LogP contribution in [0.5, 0.6) is 0 Å². The maximum Gasteiger partial charge on any atom is 0.0951 e. The van der Waals surface area contributed by atoms with Gasteiger partial charge in [-0.05, 0) is 82.1 Å². The quantitative estimate of drug-likeness (QED) is 0.774. The summed E-state index contributed by atoms with van der Waals surface area (Å²) in [6, 6.07) is -0.308. The van der Waals surface area contributed by atoms with E-state index in [9.17, 15) is 5.11 Å². The van der Waals surface area contributed by atoms with Crippen molar-refractivity contribution in [3.8, 4) is 0 Å². The van der Waals surface area contributed by atoms with Crippen LogP contribution in [-0.2, 0) is 0 Å². The first-order valence-corrected chi connectivity index (χ1v) is 6.02. The van der Waals surface area contributed by atoms with E-state index in [1.54, 1.807) is 0 Å². The van der Waals surface area contributed by atoms with Crippen LogP contribution >= 0.6 is 0 Å². The number of rotatable bonds is 3. The van der Waals surface area contributed by atoms with E-state index >= 15 is 0 Å². The summed E-state index contributed by atoms with van der Waals surface area (Å²) in [5, 5.41) is 9.49. The Morgan fingerprint density at radius 2 is 1.33 bits per heavy atom. The second kappa shape index (κ2) is 13.2. The van der Waals surface area contributed by atoms with Crippen LogP contribution in [0.3, 0.4) is 0 Å². The molecule has 0 bridgehead atoms. The van der Waals surface area contributed by atoms with Gasteiger partial charge >= 0.3 is 0 Å². The lowest BCUT2D eigenvalue weighted by Gasteiger charge is -2.10. The van der Waals surface area contributed by atoms with E-state index in [0.29, 0.717) is 6.42 Å². The standard InChI is InChI=1S/C19H13NO/c1-3-5-6-7-8-9-10-11-12-13-14-15-16-17-19(21)18(20)4-2/h17-19,21H,1,4,20H2,2H3/t18-,19+/m0/s1. The molecule has 0 saturated heterocycles. The molecule has 0 aliphatic heterocycles. The lowest BCUT2D eigenvalue weighted by atomic mass is 10.1. The Kier molecular flexibility index (Phi) is 11.2. The first-order valence-electron chi connectivity index (χ1n) is 6.02. The highest BCUT2D eigenvalue weighted by atomic mass is 16.3. The Labute approximate surface area is 124 Å². The SMILES string of the molecule is C=C=C=C=C=C=C=C=C=C=C=C=C=C=C[C@@H](O)[C@@H](N)CC. The van der Waals surface area contributed by atoms with Crippen molar-refractivity contribution in [1.82, 2.24) is 0 Å². The van der Waals surface area contributed by atoms with Gasteiger partial charge in [0, 0.05) is 6.04 Å². The zero-order valence-corrected chi connectivity index (χ0v) is 11.7. The molecule has 2 heteroatoms. The number of aliphatic hydroxyl groups is 1. The fourth-order valence-electron chi connectivity index (χ4n) is 0.854. The maximum atomic E-state index is 9.49. The van der Waals surface area contributed by atoms with E-state index < -0.39 is 6.10 Å². The van der Waals surface area contributed by atoms with E-state index in [1.165, 1.54) is 6.08 Å². The Hall–Kier alpha value is -3.20. The summed E-state index contributed by atoms with van der Waals surface area (Å²) in [5.74, 6) is 0. The zero-order valence-electron chi connectivity index (χ0n) is 11.7. The minimum Gasteiger partial charge on any atom is -0.387 e. The minimum absolute atomic E-state index is 0.308. The molecular formula is C19H13NO. The molecular weight excluding hydrogens is 258 g/mol. The lowest BCUT2D eigenvalue weighted by Crippen LogP contribution is -2.31. The summed E-state index contributed by atoms with van der Waals surface area (Å²) < 4.78 is 0. The molecule has 2 nitrogen and oxygen atoms in total. The van der Waals surface area contributed by atoms with E-state index in [-0.39, 0.29) is 6.04 Å². The highest BCUT2D eigenvalue weighted by Gasteiger charge is 2.07. The van der Waals surface area contributed by atoms with Crippen molar-refractivity contribution in [1.29, 1.82) is 0 Å². The van der Waals surface area contributed by atoms with Crippen LogP contribution in [0.25, 0.3) is 0 Å². The molecule has 0 unspecified atom stereocenters. The first-order chi connectivity index (χ1) is 10.2. The van der Waals surface area contributed by atoms with Crippen LogP contribution in [-0.4, -0.2) is 17.3 Å². The third-order valence-electron chi connectivity index (χ3n) is 1.95. The van der Waals surface area contributed by atoms with Gasteiger partial charge in [0.25, 0.3) is 0 Å². The van der Waals surface area contributed by atoms with Gasteiger partial charge in [0.15, 0.2) is 0 Å². The fraction of sp³-hybridized carbons (Fsp3) is 0.211. The van der Waals surface area contributed by atoms with E-state index in [2.05, 4.69) is 81.1 Å². The molecule has 0 radical (unpaired) electrons. The summed E-state index contributed by atoms with van der Waals surface area (Å²) >= 11 is 0. The van der Waals surface area contributed by atoms with Crippen LogP contribution < -0.4 is 5.73 Å². The van der Waals surface area contributed by atoms with Crippen LogP contribution in [0.2, 0.25) is 0 Å². The van der Waals surface area contributed by atoms with Gasteiger partial charge in [0.1, 0.15) is 0 Å². The van der Waals surface area contributed by atoms with Crippen LogP contribution in [0.1, 0.15) is 13.3 Å². The second-order valence-corrected chi connectivity index (χ2v) is 3.43. The van der Waals surface area contributed by atoms with Crippen molar-refractivity contribution in [2.24, 2.45) is 5.73 Å². The number of aliphatic hydroxyl groups excluding tert-OH is 1. The Morgan fingerprint density at radius 1 is 0.905 bits per heavy atom. The Bertz CT molecular complexity index is 840. The average Bonchev–Trinajstić information content (AvgIpc) is 2.50. The third kappa shape index (κ3) is 11.6. The van der Waals surface area contributed by atoms with Crippen molar-refractivity contribution in [2.75, 3.05) is 0 Å². The van der Waals surface area contributed by atoms with Gasteiger partial charge in [0.05, 0.1) is 6.10 Å². The number of hydrogen-bond acceptors (Lipinski definition) is 2. The van der Waals surface area contributed by atoms with Crippen molar-refractivity contribution in [3.63, 3.8) is 0 Å². The molecule has 0 amide bonds. The van der Waals surface area contributed by atoms with Gasteiger partial charge in [-0.2, -0.15) is 0 Å². The van der Waals surface area contributed by atoms with Crippen molar-refractivity contribution in [3.05, 3.63) is 87.2 Å². The average molecular weight is 271 g/mol. The largest absolute Gasteiger partial charge is 0.387 e. The van der Waals surface area contributed by atoms with E-state index in [1.807, 2.05) is 6.92 Å². The van der Waals surface area contributed by atoms with Crippen LogP contribution in [0, 0.1) is 0 Å². The third-order valence-corrected chi connectivity index (χ3v) is 1.95. The summed E-state index contributed by atoms with van der Waals surface area (Å²) in [4.78, 5) is 0. The lowest BCUT2D eigenvalue weighted by molar-refractivity contribution is 0.189. The summed E-state index contributed by atoms with van der Waals surface area (Å²) in [6.07, 6.45) is 1.34. The molecule has 0 saturated carbocycles.